The van der Waals surface area contributed by atoms with E-state index in [1.54, 1.807) is 12.1 Å². The Morgan fingerprint density at radius 1 is 1.00 bits per heavy atom. The lowest BCUT2D eigenvalue weighted by Crippen LogP contribution is -2.37. The van der Waals surface area contributed by atoms with Crippen molar-refractivity contribution in [2.75, 3.05) is 21.6 Å². The normalized spacial score (nSPS) is 11.9. The predicted octanol–water partition coefficient (Wildman–Crippen LogP) is 2.07. The average Bonchev–Trinajstić information content (AvgIpc) is 3.14. The summed E-state index contributed by atoms with van der Waals surface area (Å²) in [4.78, 5) is 13.1. The Bertz CT molecular complexity index is 1090. The van der Waals surface area contributed by atoms with Gasteiger partial charge in [0.15, 0.2) is 0 Å². The number of hydrogen-bond donors (Lipinski definition) is 2. The zero-order chi connectivity index (χ0) is 21.9. The molecule has 12 heteroatoms. The molecule has 0 amide bonds. The van der Waals surface area contributed by atoms with Crippen molar-refractivity contribution < 1.29 is 8.42 Å². The highest BCUT2D eigenvalue weighted by Crippen LogP contribution is 2.24. The number of sulfonamides is 1. The van der Waals surface area contributed by atoms with Crippen LogP contribution in [0.1, 0.15) is 33.3 Å². The molecular weight excluding hydrogens is 406 g/mol. The molecule has 3 aromatic rings. The lowest BCUT2D eigenvalue weighted by Gasteiger charge is -2.25. The van der Waals surface area contributed by atoms with Crippen LogP contribution in [0.25, 0.3) is 0 Å². The molecule has 30 heavy (non-hydrogen) atoms. The van der Waals surface area contributed by atoms with E-state index < -0.39 is 10.0 Å². The van der Waals surface area contributed by atoms with Crippen LogP contribution in [0.15, 0.2) is 41.8 Å². The Balaban J connectivity index is 2.18. The first kappa shape index (κ1) is 21.4. The van der Waals surface area contributed by atoms with Crippen LogP contribution >= 0.6 is 0 Å². The molecule has 3 rings (SSSR count). The second kappa shape index (κ2) is 8.22. The molecule has 0 saturated heterocycles. The molecule has 0 atom stereocenters. The molecule has 2 N–H and O–H groups in total. The van der Waals surface area contributed by atoms with Crippen molar-refractivity contribution in [1.82, 2.24) is 29.8 Å². The second-order valence-corrected chi connectivity index (χ2v) is 9.36. The first-order valence-corrected chi connectivity index (χ1v) is 10.8. The Kier molecular flexibility index (Phi) is 5.87. The third-order valence-corrected chi connectivity index (χ3v) is 5.45. The van der Waals surface area contributed by atoms with E-state index in [1.165, 1.54) is 29.5 Å². The number of nitrogens with one attached hydrogen (secondary N) is 2. The average molecular weight is 432 g/mol. The van der Waals surface area contributed by atoms with E-state index in [0.717, 1.165) is 9.98 Å². The van der Waals surface area contributed by atoms with Crippen LogP contribution < -0.4 is 15.0 Å². The summed E-state index contributed by atoms with van der Waals surface area (Å²) in [6, 6.07) is 6.51. The molecule has 11 nitrogen and oxygen atoms in total. The van der Waals surface area contributed by atoms with Gasteiger partial charge in [-0.3, -0.25) is 0 Å². The van der Waals surface area contributed by atoms with E-state index in [9.17, 15) is 8.42 Å². The third kappa shape index (κ3) is 4.82. The molecule has 0 fully saturated rings. The van der Waals surface area contributed by atoms with E-state index in [-0.39, 0.29) is 28.3 Å². The molecule has 0 aliphatic carbocycles. The van der Waals surface area contributed by atoms with E-state index in [2.05, 4.69) is 35.8 Å². The number of hydrogen-bond acceptors (Lipinski definition) is 9. The van der Waals surface area contributed by atoms with Crippen LogP contribution in [-0.4, -0.2) is 50.3 Å². The van der Waals surface area contributed by atoms with Crippen LogP contribution in [0.4, 0.5) is 17.8 Å². The molecular formula is C18H25N9O2S. The van der Waals surface area contributed by atoms with Crippen LogP contribution in [0.5, 0.6) is 0 Å². The highest BCUT2D eigenvalue weighted by Gasteiger charge is 2.31. The highest BCUT2D eigenvalue weighted by molar-refractivity contribution is 7.92. The van der Waals surface area contributed by atoms with Gasteiger partial charge in [0, 0.05) is 12.1 Å². The van der Waals surface area contributed by atoms with Gasteiger partial charge in [0.25, 0.3) is 16.0 Å². The Hall–Kier alpha value is -3.28. The maximum absolute atomic E-state index is 13.5. The Morgan fingerprint density at radius 3 is 2.17 bits per heavy atom. The third-order valence-electron chi connectivity index (χ3n) is 3.78. The minimum atomic E-state index is -4.08. The first-order chi connectivity index (χ1) is 14.1. The maximum atomic E-state index is 13.5. The summed E-state index contributed by atoms with van der Waals surface area (Å²) in [5, 5.41) is 13.6. The van der Waals surface area contributed by atoms with E-state index in [0.29, 0.717) is 6.54 Å². The molecule has 2 aromatic heterocycles. The van der Waals surface area contributed by atoms with Gasteiger partial charge in [-0.25, -0.2) is 4.68 Å². The minimum Gasteiger partial charge on any atom is -0.354 e. The van der Waals surface area contributed by atoms with Gasteiger partial charge < -0.3 is 10.6 Å². The van der Waals surface area contributed by atoms with Crippen molar-refractivity contribution in [3.63, 3.8) is 0 Å². The fourth-order valence-corrected chi connectivity index (χ4v) is 3.82. The van der Waals surface area contributed by atoms with Gasteiger partial charge in [0.05, 0.1) is 4.90 Å². The summed E-state index contributed by atoms with van der Waals surface area (Å²) in [6.07, 6.45) is 2.53. The summed E-state index contributed by atoms with van der Waals surface area (Å²) in [5.74, 6) is 0.375. The minimum absolute atomic E-state index is 0.0811. The largest absolute Gasteiger partial charge is 0.354 e. The van der Waals surface area contributed by atoms with Crippen LogP contribution in [0, 0.1) is 6.92 Å². The van der Waals surface area contributed by atoms with Crippen LogP contribution in [0.3, 0.4) is 0 Å². The molecule has 0 bridgehead atoms. The number of benzene rings is 1. The smallest absolute Gasteiger partial charge is 0.285 e. The van der Waals surface area contributed by atoms with Gasteiger partial charge in [0.1, 0.15) is 12.7 Å². The molecule has 0 aliphatic rings. The van der Waals surface area contributed by atoms with Crippen molar-refractivity contribution in [2.24, 2.45) is 0 Å². The van der Waals surface area contributed by atoms with Gasteiger partial charge in [-0.15, -0.1) is 14.6 Å². The zero-order valence-electron chi connectivity index (χ0n) is 17.5. The molecule has 2 heterocycles. The lowest BCUT2D eigenvalue weighted by molar-refractivity contribution is 0.581. The zero-order valence-corrected chi connectivity index (χ0v) is 18.3. The second-order valence-electron chi connectivity index (χ2n) is 7.59. The Morgan fingerprint density at radius 2 is 1.60 bits per heavy atom. The van der Waals surface area contributed by atoms with Gasteiger partial charge in [-0.2, -0.15) is 23.4 Å². The summed E-state index contributed by atoms with van der Waals surface area (Å²) in [7, 11) is -4.08. The van der Waals surface area contributed by atoms with Crippen LogP contribution in [0.2, 0.25) is 0 Å². The molecule has 0 unspecified atom stereocenters. The number of anilines is 3. The molecule has 0 aliphatic heterocycles. The summed E-state index contributed by atoms with van der Waals surface area (Å²) in [6.45, 7) is 10.2. The molecule has 1 aromatic carbocycles. The van der Waals surface area contributed by atoms with Gasteiger partial charge >= 0.3 is 0 Å². The van der Waals surface area contributed by atoms with E-state index in [1.807, 2.05) is 34.6 Å². The molecule has 160 valence electrons. The number of aryl methyl sites for hydroxylation is 1. The fraction of sp³-hybridized carbons (Fsp3) is 0.389. The lowest BCUT2D eigenvalue weighted by atomic mass is 10.1. The fourth-order valence-electron chi connectivity index (χ4n) is 2.51. The van der Waals surface area contributed by atoms with Crippen LogP contribution in [-0.2, 0) is 10.0 Å². The van der Waals surface area contributed by atoms with Gasteiger partial charge in [-0.05, 0) is 46.8 Å². The van der Waals surface area contributed by atoms with Gasteiger partial charge in [0.2, 0.25) is 11.9 Å². The maximum Gasteiger partial charge on any atom is 0.285 e. The quantitative estimate of drug-likeness (QED) is 0.577. The molecule has 0 spiro atoms. The van der Waals surface area contributed by atoms with Crippen molar-refractivity contribution >= 4 is 27.9 Å². The van der Waals surface area contributed by atoms with E-state index in [4.69, 9.17) is 0 Å². The number of rotatable bonds is 7. The predicted molar refractivity (Wildman–Crippen MR) is 114 cm³/mol. The number of nitrogens with zero attached hydrogens (tertiary/aromatic N) is 7. The van der Waals surface area contributed by atoms with Gasteiger partial charge in [-0.1, -0.05) is 17.7 Å². The van der Waals surface area contributed by atoms with Crippen molar-refractivity contribution in [3.05, 3.63) is 42.5 Å². The van der Waals surface area contributed by atoms with E-state index >= 15 is 0 Å². The Labute approximate surface area is 175 Å². The standard InChI is InChI=1S/C18H25N9O2S/c1-6-19-15-22-16(25-18(3,4)5)24-17(23-15)27(26-11-20-21-12-26)30(28,29)14-9-7-13(2)8-10-14/h7-12H,6H2,1-5H3,(H2,19,22,23,24,25). The molecule has 0 saturated carbocycles. The summed E-state index contributed by atoms with van der Waals surface area (Å²) >= 11 is 0. The SMILES string of the molecule is CCNc1nc(NC(C)(C)C)nc(N(n2cnnc2)S(=O)(=O)c2ccc(C)cc2)n1. The monoisotopic (exact) mass is 431 g/mol. The summed E-state index contributed by atoms with van der Waals surface area (Å²) < 4.78 is 29.2. The summed E-state index contributed by atoms with van der Waals surface area (Å²) in [5.41, 5.74) is 0.593. The van der Waals surface area contributed by atoms with Crippen molar-refractivity contribution in [3.8, 4) is 0 Å². The highest BCUT2D eigenvalue weighted by atomic mass is 32.2. The molecule has 0 radical (unpaired) electrons. The van der Waals surface area contributed by atoms with Crippen molar-refractivity contribution in [2.45, 2.75) is 45.1 Å². The first-order valence-electron chi connectivity index (χ1n) is 9.35. The number of aromatic nitrogens is 6. The topological polar surface area (TPSA) is 131 Å². The van der Waals surface area contributed by atoms with Crippen molar-refractivity contribution in [1.29, 1.82) is 0 Å².